The molecule has 0 aromatic heterocycles. The zero-order chi connectivity index (χ0) is 19.4. The fourth-order valence-electron chi connectivity index (χ4n) is 2.78. The van der Waals surface area contributed by atoms with E-state index in [2.05, 4.69) is 36.4 Å². The third kappa shape index (κ3) is 7.06. The fraction of sp³-hybridized carbons (Fsp3) is 0.619. The topological polar surface area (TPSA) is 56.7 Å². The van der Waals surface area contributed by atoms with E-state index in [0.717, 1.165) is 43.3 Å². The van der Waals surface area contributed by atoms with Gasteiger partial charge in [-0.3, -0.25) is 4.79 Å². The molecule has 0 aliphatic heterocycles. The van der Waals surface area contributed by atoms with Crippen LogP contribution in [-0.4, -0.2) is 42.9 Å². The van der Waals surface area contributed by atoms with Crippen LogP contribution < -0.4 is 10.6 Å². The molecule has 0 spiro atoms. The molecule has 0 saturated heterocycles. The standard InChI is InChI=1S/C21H36N4O/c1-6-17(7-2)15-23-21(22-8-3)24-16-18-11-13-19(14-12-18)20(26)25(9-4)10-5/h11-14,17H,6-10,15-16H2,1-5H3,(H2,22,23,24). The molecule has 146 valence electrons. The van der Waals surface area contributed by atoms with Gasteiger partial charge < -0.3 is 15.5 Å². The van der Waals surface area contributed by atoms with Gasteiger partial charge in [0.1, 0.15) is 0 Å². The van der Waals surface area contributed by atoms with Crippen molar-refractivity contribution in [2.24, 2.45) is 10.9 Å². The summed E-state index contributed by atoms with van der Waals surface area (Å²) < 4.78 is 0. The number of hydrogen-bond donors (Lipinski definition) is 2. The number of nitrogens with zero attached hydrogens (tertiary/aromatic N) is 2. The number of carbonyl (C=O) groups is 1. The second-order valence-corrected chi connectivity index (χ2v) is 6.43. The maximum Gasteiger partial charge on any atom is 0.253 e. The van der Waals surface area contributed by atoms with Gasteiger partial charge >= 0.3 is 0 Å². The Kier molecular flexibility index (Phi) is 10.4. The minimum atomic E-state index is 0.0882. The summed E-state index contributed by atoms with van der Waals surface area (Å²) in [5.74, 6) is 1.61. The number of benzene rings is 1. The average Bonchev–Trinajstić information content (AvgIpc) is 2.68. The van der Waals surface area contributed by atoms with Gasteiger partial charge in [-0.15, -0.1) is 0 Å². The van der Waals surface area contributed by atoms with Gasteiger partial charge in [-0.25, -0.2) is 4.99 Å². The molecule has 1 aromatic carbocycles. The smallest absolute Gasteiger partial charge is 0.253 e. The quantitative estimate of drug-likeness (QED) is 0.494. The van der Waals surface area contributed by atoms with Crippen LogP contribution in [0.15, 0.2) is 29.3 Å². The SMILES string of the molecule is CCNC(=NCc1ccc(C(=O)N(CC)CC)cc1)NCC(CC)CC. The van der Waals surface area contributed by atoms with Crippen LogP contribution in [0.2, 0.25) is 0 Å². The Balaban J connectivity index is 2.70. The number of aliphatic imine (C=N–C) groups is 1. The van der Waals surface area contributed by atoms with E-state index in [4.69, 9.17) is 0 Å². The first-order valence-electron chi connectivity index (χ1n) is 9.99. The van der Waals surface area contributed by atoms with Crippen LogP contribution in [-0.2, 0) is 6.54 Å². The lowest BCUT2D eigenvalue weighted by Gasteiger charge is -2.18. The van der Waals surface area contributed by atoms with Crippen molar-refractivity contribution in [2.45, 2.75) is 54.0 Å². The molecule has 5 heteroatoms. The molecule has 0 saturated carbocycles. The third-order valence-electron chi connectivity index (χ3n) is 4.73. The Morgan fingerprint density at radius 3 is 2.12 bits per heavy atom. The van der Waals surface area contributed by atoms with Crippen molar-refractivity contribution in [3.63, 3.8) is 0 Å². The van der Waals surface area contributed by atoms with Crippen molar-refractivity contribution in [1.29, 1.82) is 0 Å². The molecule has 0 aliphatic rings. The first kappa shape index (κ1) is 22.0. The average molecular weight is 361 g/mol. The number of amides is 1. The number of hydrogen-bond acceptors (Lipinski definition) is 2. The molecule has 1 aromatic rings. The summed E-state index contributed by atoms with van der Waals surface area (Å²) >= 11 is 0. The summed E-state index contributed by atoms with van der Waals surface area (Å²) in [6.07, 6.45) is 2.34. The highest BCUT2D eigenvalue weighted by molar-refractivity contribution is 5.94. The highest BCUT2D eigenvalue weighted by Crippen LogP contribution is 2.09. The van der Waals surface area contributed by atoms with E-state index in [1.807, 2.05) is 43.0 Å². The highest BCUT2D eigenvalue weighted by Gasteiger charge is 2.11. The van der Waals surface area contributed by atoms with Gasteiger partial charge in [0, 0.05) is 31.7 Å². The van der Waals surface area contributed by atoms with Gasteiger partial charge in [0.05, 0.1) is 6.54 Å². The summed E-state index contributed by atoms with van der Waals surface area (Å²) in [7, 11) is 0. The third-order valence-corrected chi connectivity index (χ3v) is 4.73. The van der Waals surface area contributed by atoms with Crippen LogP contribution in [0.3, 0.4) is 0 Å². The van der Waals surface area contributed by atoms with E-state index < -0.39 is 0 Å². The zero-order valence-electron chi connectivity index (χ0n) is 17.1. The van der Waals surface area contributed by atoms with Gasteiger partial charge in [-0.1, -0.05) is 38.8 Å². The van der Waals surface area contributed by atoms with E-state index in [-0.39, 0.29) is 5.91 Å². The number of carbonyl (C=O) groups excluding carboxylic acids is 1. The van der Waals surface area contributed by atoms with E-state index in [1.165, 1.54) is 12.8 Å². The minimum absolute atomic E-state index is 0.0882. The van der Waals surface area contributed by atoms with Crippen molar-refractivity contribution >= 4 is 11.9 Å². The Morgan fingerprint density at radius 1 is 1.00 bits per heavy atom. The molecule has 0 unspecified atom stereocenters. The molecule has 5 nitrogen and oxygen atoms in total. The fourth-order valence-corrected chi connectivity index (χ4v) is 2.78. The molecule has 0 aliphatic carbocycles. The maximum absolute atomic E-state index is 12.4. The Morgan fingerprint density at radius 2 is 1.62 bits per heavy atom. The van der Waals surface area contributed by atoms with Crippen molar-refractivity contribution in [3.05, 3.63) is 35.4 Å². The predicted molar refractivity (Wildman–Crippen MR) is 111 cm³/mol. The van der Waals surface area contributed by atoms with Crippen molar-refractivity contribution in [1.82, 2.24) is 15.5 Å². The molecule has 0 heterocycles. The Bertz CT molecular complexity index is 546. The van der Waals surface area contributed by atoms with Crippen LogP contribution >= 0.6 is 0 Å². The summed E-state index contributed by atoms with van der Waals surface area (Å²) in [4.78, 5) is 18.9. The predicted octanol–water partition coefficient (Wildman–Crippen LogP) is 3.66. The summed E-state index contributed by atoms with van der Waals surface area (Å²) in [6, 6.07) is 7.78. The molecular weight excluding hydrogens is 324 g/mol. The summed E-state index contributed by atoms with van der Waals surface area (Å²) in [5, 5.41) is 6.72. The van der Waals surface area contributed by atoms with Crippen molar-refractivity contribution in [3.8, 4) is 0 Å². The molecule has 0 radical (unpaired) electrons. The summed E-state index contributed by atoms with van der Waals surface area (Å²) in [6.45, 7) is 14.4. The van der Waals surface area contributed by atoms with Crippen LogP contribution in [0.4, 0.5) is 0 Å². The molecule has 0 fully saturated rings. The summed E-state index contributed by atoms with van der Waals surface area (Å²) in [5.41, 5.74) is 1.83. The lowest BCUT2D eigenvalue weighted by Crippen LogP contribution is -2.39. The Labute approximate surface area is 159 Å². The van der Waals surface area contributed by atoms with Crippen molar-refractivity contribution < 1.29 is 4.79 Å². The largest absolute Gasteiger partial charge is 0.357 e. The van der Waals surface area contributed by atoms with E-state index in [0.29, 0.717) is 12.5 Å². The van der Waals surface area contributed by atoms with Crippen LogP contribution in [0.1, 0.15) is 63.4 Å². The molecule has 1 amide bonds. The lowest BCUT2D eigenvalue weighted by molar-refractivity contribution is 0.0773. The lowest BCUT2D eigenvalue weighted by atomic mass is 10.0. The van der Waals surface area contributed by atoms with Crippen LogP contribution in [0.25, 0.3) is 0 Å². The molecule has 26 heavy (non-hydrogen) atoms. The monoisotopic (exact) mass is 360 g/mol. The van der Waals surface area contributed by atoms with E-state index >= 15 is 0 Å². The minimum Gasteiger partial charge on any atom is -0.357 e. The second kappa shape index (κ2) is 12.3. The number of rotatable bonds is 10. The zero-order valence-corrected chi connectivity index (χ0v) is 17.1. The number of guanidine groups is 1. The van der Waals surface area contributed by atoms with E-state index in [1.54, 1.807) is 0 Å². The number of nitrogens with one attached hydrogen (secondary N) is 2. The van der Waals surface area contributed by atoms with Gasteiger partial charge in [0.15, 0.2) is 5.96 Å². The van der Waals surface area contributed by atoms with Crippen molar-refractivity contribution in [2.75, 3.05) is 26.2 Å². The molecule has 2 N–H and O–H groups in total. The molecular formula is C21H36N4O. The molecule has 0 bridgehead atoms. The van der Waals surface area contributed by atoms with Gasteiger partial charge in [0.2, 0.25) is 0 Å². The maximum atomic E-state index is 12.4. The first-order chi connectivity index (χ1) is 12.6. The highest BCUT2D eigenvalue weighted by atomic mass is 16.2. The van der Waals surface area contributed by atoms with Gasteiger partial charge in [-0.05, 0) is 44.4 Å². The second-order valence-electron chi connectivity index (χ2n) is 6.43. The molecule has 0 atom stereocenters. The van der Waals surface area contributed by atoms with Crippen LogP contribution in [0, 0.1) is 5.92 Å². The Hall–Kier alpha value is -2.04. The normalized spacial score (nSPS) is 11.5. The first-order valence-corrected chi connectivity index (χ1v) is 9.99. The molecule has 1 rings (SSSR count). The van der Waals surface area contributed by atoms with E-state index in [9.17, 15) is 4.79 Å². The van der Waals surface area contributed by atoms with Crippen LogP contribution in [0.5, 0.6) is 0 Å². The van der Waals surface area contributed by atoms with Gasteiger partial charge in [0.25, 0.3) is 5.91 Å². The van der Waals surface area contributed by atoms with Gasteiger partial charge in [-0.2, -0.15) is 0 Å².